The lowest BCUT2D eigenvalue weighted by molar-refractivity contribution is 0.0983. The number of carboxylic acid groups (broad SMARTS) is 1. The molecule has 0 aromatic heterocycles. The second-order valence-electron chi connectivity index (χ2n) is 7.17. The summed E-state index contributed by atoms with van der Waals surface area (Å²) >= 11 is 0. The zero-order chi connectivity index (χ0) is 22.7. The lowest BCUT2D eigenvalue weighted by Gasteiger charge is -2.27. The van der Waals surface area contributed by atoms with E-state index in [1.54, 1.807) is 36.4 Å². The van der Waals surface area contributed by atoms with Gasteiger partial charge in [0.2, 0.25) is 0 Å². The standard InChI is InChI=1S/C24H21N3O5/c1-31-20-12-5-7-16(13-20)21(28)27(23(29)30)19-11-6-10-18(14-19)24(15-32-22(25)26-24)17-8-3-2-4-9-17/h2-14H,15H2,1H3,(H2,25,26)(H,29,30). The molecular formula is C24H21N3O5. The van der Waals surface area contributed by atoms with E-state index in [1.165, 1.54) is 19.2 Å². The molecule has 0 saturated carbocycles. The third kappa shape index (κ3) is 3.74. The van der Waals surface area contributed by atoms with E-state index in [-0.39, 0.29) is 23.9 Å². The number of amides is 2. The minimum atomic E-state index is -1.41. The van der Waals surface area contributed by atoms with Crippen molar-refractivity contribution in [2.45, 2.75) is 5.54 Å². The summed E-state index contributed by atoms with van der Waals surface area (Å²) in [5, 5.41) is 9.87. The number of rotatable bonds is 5. The number of nitrogens with two attached hydrogens (primary N) is 1. The van der Waals surface area contributed by atoms with Gasteiger partial charge in [-0.05, 0) is 41.5 Å². The van der Waals surface area contributed by atoms with E-state index in [1.807, 2.05) is 30.3 Å². The summed E-state index contributed by atoms with van der Waals surface area (Å²) in [6.07, 6.45) is -1.41. The van der Waals surface area contributed by atoms with Crippen LogP contribution >= 0.6 is 0 Å². The Bertz CT molecular complexity index is 1200. The molecule has 3 aromatic carbocycles. The first kappa shape index (κ1) is 20.9. The molecule has 0 saturated heterocycles. The number of imide groups is 1. The molecule has 32 heavy (non-hydrogen) atoms. The lowest BCUT2D eigenvalue weighted by Crippen LogP contribution is -2.36. The molecule has 1 atom stereocenters. The van der Waals surface area contributed by atoms with Crippen molar-refractivity contribution >= 4 is 23.7 Å². The quantitative estimate of drug-likeness (QED) is 0.638. The van der Waals surface area contributed by atoms with Crippen LogP contribution in [-0.4, -0.2) is 36.8 Å². The van der Waals surface area contributed by atoms with Crippen LogP contribution in [-0.2, 0) is 10.3 Å². The lowest BCUT2D eigenvalue weighted by atomic mass is 9.84. The summed E-state index contributed by atoms with van der Waals surface area (Å²) in [4.78, 5) is 30.4. The van der Waals surface area contributed by atoms with Crippen LogP contribution in [0.1, 0.15) is 21.5 Å². The van der Waals surface area contributed by atoms with Gasteiger partial charge in [-0.1, -0.05) is 48.5 Å². The van der Waals surface area contributed by atoms with Gasteiger partial charge < -0.3 is 20.3 Å². The van der Waals surface area contributed by atoms with Gasteiger partial charge in [0.25, 0.3) is 11.9 Å². The van der Waals surface area contributed by atoms with E-state index >= 15 is 0 Å². The number of ether oxygens (including phenoxy) is 2. The SMILES string of the molecule is COc1cccc(C(=O)N(C(=O)O)c2cccc(C3(c4ccccc4)COC(N)=N3)c2)c1. The summed E-state index contributed by atoms with van der Waals surface area (Å²) in [5.41, 5.74) is 6.72. The van der Waals surface area contributed by atoms with E-state index in [9.17, 15) is 14.7 Å². The molecule has 1 unspecified atom stereocenters. The van der Waals surface area contributed by atoms with Gasteiger partial charge in [0, 0.05) is 5.56 Å². The largest absolute Gasteiger partial charge is 0.497 e. The fourth-order valence-electron chi connectivity index (χ4n) is 3.71. The maximum atomic E-state index is 13.1. The zero-order valence-electron chi connectivity index (χ0n) is 17.3. The molecular weight excluding hydrogens is 410 g/mol. The van der Waals surface area contributed by atoms with Crippen molar-refractivity contribution in [2.75, 3.05) is 18.6 Å². The molecule has 1 aliphatic heterocycles. The molecule has 162 valence electrons. The molecule has 8 nitrogen and oxygen atoms in total. The van der Waals surface area contributed by atoms with Crippen LogP contribution in [0.5, 0.6) is 5.75 Å². The monoisotopic (exact) mass is 431 g/mol. The third-order valence-corrected chi connectivity index (χ3v) is 5.27. The first-order chi connectivity index (χ1) is 15.4. The highest BCUT2D eigenvalue weighted by Crippen LogP contribution is 2.39. The van der Waals surface area contributed by atoms with Gasteiger partial charge in [0.1, 0.15) is 12.4 Å². The zero-order valence-corrected chi connectivity index (χ0v) is 17.3. The van der Waals surface area contributed by atoms with Crippen molar-refractivity contribution < 1.29 is 24.2 Å². The highest BCUT2D eigenvalue weighted by atomic mass is 16.5. The molecule has 1 heterocycles. The Morgan fingerprint density at radius 2 is 1.75 bits per heavy atom. The van der Waals surface area contributed by atoms with Crippen molar-refractivity contribution in [3.63, 3.8) is 0 Å². The van der Waals surface area contributed by atoms with Gasteiger partial charge in [-0.3, -0.25) is 4.79 Å². The Kier molecular flexibility index (Phi) is 5.51. The van der Waals surface area contributed by atoms with Gasteiger partial charge in [-0.15, -0.1) is 0 Å². The first-order valence-corrected chi connectivity index (χ1v) is 9.80. The number of anilines is 1. The number of nitrogens with zero attached hydrogens (tertiary/aromatic N) is 2. The Morgan fingerprint density at radius 3 is 2.41 bits per heavy atom. The van der Waals surface area contributed by atoms with Crippen molar-refractivity contribution in [1.29, 1.82) is 0 Å². The predicted octanol–water partition coefficient (Wildman–Crippen LogP) is 3.61. The Labute approximate surface area is 184 Å². The maximum absolute atomic E-state index is 13.1. The van der Waals surface area contributed by atoms with Crippen LogP contribution in [0.25, 0.3) is 0 Å². The predicted molar refractivity (Wildman–Crippen MR) is 119 cm³/mol. The van der Waals surface area contributed by atoms with Crippen molar-refractivity contribution in [3.8, 4) is 5.75 Å². The molecule has 0 fully saturated rings. The number of methoxy groups -OCH3 is 1. The number of carbonyl (C=O) groups is 2. The molecule has 3 N–H and O–H groups in total. The van der Waals surface area contributed by atoms with Gasteiger partial charge in [-0.2, -0.15) is 0 Å². The van der Waals surface area contributed by atoms with Crippen LogP contribution in [0.4, 0.5) is 10.5 Å². The number of amidine groups is 1. The fraction of sp³-hybridized carbons (Fsp3) is 0.125. The minimum absolute atomic E-state index is 0.0433. The average Bonchev–Trinajstić information content (AvgIpc) is 3.22. The van der Waals surface area contributed by atoms with Crippen LogP contribution in [0.2, 0.25) is 0 Å². The van der Waals surface area contributed by atoms with Crippen LogP contribution < -0.4 is 15.4 Å². The summed E-state index contributed by atoms with van der Waals surface area (Å²) in [6.45, 7) is 0.156. The second kappa shape index (κ2) is 8.43. The molecule has 0 bridgehead atoms. The number of aliphatic imine (C=N–C) groups is 1. The van der Waals surface area contributed by atoms with Gasteiger partial charge in [-0.25, -0.2) is 14.7 Å². The van der Waals surface area contributed by atoms with Gasteiger partial charge >= 0.3 is 6.09 Å². The molecule has 8 heteroatoms. The normalized spacial score (nSPS) is 17.2. The topological polar surface area (TPSA) is 114 Å². The Balaban J connectivity index is 1.79. The van der Waals surface area contributed by atoms with Crippen LogP contribution in [0.15, 0.2) is 83.9 Å². The molecule has 1 aliphatic rings. The van der Waals surface area contributed by atoms with E-state index in [4.69, 9.17) is 15.2 Å². The summed E-state index contributed by atoms with van der Waals surface area (Å²) in [7, 11) is 1.47. The highest BCUT2D eigenvalue weighted by Gasteiger charge is 2.40. The smallest absolute Gasteiger partial charge is 0.419 e. The molecule has 0 aliphatic carbocycles. The van der Waals surface area contributed by atoms with Crippen molar-refractivity contribution in [1.82, 2.24) is 0 Å². The van der Waals surface area contributed by atoms with Crippen molar-refractivity contribution in [3.05, 3.63) is 95.6 Å². The third-order valence-electron chi connectivity index (χ3n) is 5.27. The molecule has 0 radical (unpaired) electrons. The summed E-state index contributed by atoms with van der Waals surface area (Å²) in [5.74, 6) is -0.251. The molecule has 0 spiro atoms. The Morgan fingerprint density at radius 1 is 1.03 bits per heavy atom. The Hall–Kier alpha value is -4.33. The number of benzene rings is 3. The van der Waals surface area contributed by atoms with Gasteiger partial charge in [0.05, 0.1) is 12.8 Å². The van der Waals surface area contributed by atoms with E-state index in [0.29, 0.717) is 16.2 Å². The van der Waals surface area contributed by atoms with Crippen molar-refractivity contribution in [2.24, 2.45) is 10.7 Å². The number of hydrogen-bond donors (Lipinski definition) is 2. The molecule has 2 amide bonds. The van der Waals surface area contributed by atoms with E-state index < -0.39 is 17.5 Å². The first-order valence-electron chi connectivity index (χ1n) is 9.80. The van der Waals surface area contributed by atoms with Crippen LogP contribution in [0.3, 0.4) is 0 Å². The minimum Gasteiger partial charge on any atom is -0.497 e. The van der Waals surface area contributed by atoms with Crippen LogP contribution in [0, 0.1) is 0 Å². The average molecular weight is 431 g/mol. The number of carbonyl (C=O) groups excluding carboxylic acids is 1. The van der Waals surface area contributed by atoms with E-state index in [0.717, 1.165) is 5.56 Å². The fourth-order valence-corrected chi connectivity index (χ4v) is 3.71. The molecule has 3 aromatic rings. The van der Waals surface area contributed by atoms with Gasteiger partial charge in [0.15, 0.2) is 5.54 Å². The second-order valence-corrected chi connectivity index (χ2v) is 7.17. The maximum Gasteiger partial charge on any atom is 0.419 e. The molecule has 4 rings (SSSR count). The summed E-state index contributed by atoms with van der Waals surface area (Å²) in [6, 6.07) is 22.4. The highest BCUT2D eigenvalue weighted by molar-refractivity contribution is 6.18. The number of hydrogen-bond acceptors (Lipinski definition) is 6. The van der Waals surface area contributed by atoms with E-state index in [2.05, 4.69) is 4.99 Å². The summed E-state index contributed by atoms with van der Waals surface area (Å²) < 4.78 is 10.6.